The molecule has 5 nitrogen and oxygen atoms in total. The fourth-order valence-corrected chi connectivity index (χ4v) is 4.82. The van der Waals surface area contributed by atoms with Crippen LogP contribution in [0.3, 0.4) is 0 Å². The molecular formula is C22H28N2O3S. The lowest BCUT2D eigenvalue weighted by Gasteiger charge is -2.39. The number of sulfonamides is 1. The fourth-order valence-electron chi connectivity index (χ4n) is 4.39. The molecular weight excluding hydrogens is 372 g/mol. The highest BCUT2D eigenvalue weighted by molar-refractivity contribution is 7.88. The van der Waals surface area contributed by atoms with Gasteiger partial charge in [-0.2, -0.15) is 0 Å². The Balaban J connectivity index is 1.65. The Labute approximate surface area is 167 Å². The molecule has 0 saturated carbocycles. The topological polar surface area (TPSA) is 58.6 Å². The Morgan fingerprint density at radius 3 is 2.54 bits per heavy atom. The van der Waals surface area contributed by atoms with Crippen LogP contribution in [0, 0.1) is 0 Å². The van der Waals surface area contributed by atoms with Gasteiger partial charge in [0.05, 0.1) is 12.3 Å². The highest BCUT2D eigenvalue weighted by Gasteiger charge is 2.36. The van der Waals surface area contributed by atoms with Crippen molar-refractivity contribution in [1.29, 1.82) is 0 Å². The van der Waals surface area contributed by atoms with Crippen molar-refractivity contribution in [2.24, 2.45) is 0 Å². The number of ether oxygens (including phenoxy) is 1. The van der Waals surface area contributed by atoms with E-state index in [1.165, 1.54) is 30.2 Å². The maximum Gasteiger partial charge on any atom is 0.209 e. The number of likely N-dealkylation sites (tertiary alicyclic amines) is 1. The molecule has 150 valence electrons. The molecule has 28 heavy (non-hydrogen) atoms. The van der Waals surface area contributed by atoms with Gasteiger partial charge in [0.1, 0.15) is 12.4 Å². The standard InChI is InChI=1S/C22H28N2O3S/c1-28(25,26)23-15-18-9-10-22-20(14-18)19(13-17-7-3-2-4-8-17)21(16-27-22)24-11-5-6-12-24/h2-4,7-10,14,19,21,23H,5-6,11-13,15-16H2,1H3. The molecule has 6 heteroatoms. The first kappa shape index (κ1) is 19.4. The number of nitrogens with one attached hydrogen (secondary N) is 1. The van der Waals surface area contributed by atoms with Crippen LogP contribution in [0.5, 0.6) is 5.75 Å². The van der Waals surface area contributed by atoms with Gasteiger partial charge in [-0.1, -0.05) is 42.5 Å². The van der Waals surface area contributed by atoms with Crippen LogP contribution in [0.2, 0.25) is 0 Å². The van der Waals surface area contributed by atoms with Gasteiger partial charge in [0.25, 0.3) is 0 Å². The molecule has 4 rings (SSSR count). The van der Waals surface area contributed by atoms with Crippen molar-refractivity contribution in [3.05, 3.63) is 65.2 Å². The lowest BCUT2D eigenvalue weighted by molar-refractivity contribution is 0.116. The minimum absolute atomic E-state index is 0.304. The first-order chi connectivity index (χ1) is 13.5. The van der Waals surface area contributed by atoms with Gasteiger partial charge < -0.3 is 4.74 Å². The molecule has 0 spiro atoms. The summed E-state index contributed by atoms with van der Waals surface area (Å²) >= 11 is 0. The number of rotatable bonds is 6. The van der Waals surface area contributed by atoms with Crippen molar-refractivity contribution in [1.82, 2.24) is 9.62 Å². The van der Waals surface area contributed by atoms with Gasteiger partial charge in [0.15, 0.2) is 0 Å². The molecule has 1 fully saturated rings. The zero-order valence-electron chi connectivity index (χ0n) is 16.3. The molecule has 2 atom stereocenters. The van der Waals surface area contributed by atoms with E-state index in [1.807, 2.05) is 18.2 Å². The largest absolute Gasteiger partial charge is 0.492 e. The van der Waals surface area contributed by atoms with Crippen LogP contribution in [0.15, 0.2) is 48.5 Å². The van der Waals surface area contributed by atoms with Crippen LogP contribution in [0.4, 0.5) is 0 Å². The molecule has 2 aromatic carbocycles. The van der Waals surface area contributed by atoms with Crippen LogP contribution >= 0.6 is 0 Å². The molecule has 2 unspecified atom stereocenters. The van der Waals surface area contributed by atoms with Gasteiger partial charge in [-0.25, -0.2) is 13.1 Å². The number of hydrogen-bond donors (Lipinski definition) is 1. The van der Waals surface area contributed by atoms with Gasteiger partial charge in [-0.15, -0.1) is 0 Å². The second-order valence-corrected chi connectivity index (χ2v) is 9.72. The smallest absolute Gasteiger partial charge is 0.209 e. The predicted octanol–water partition coefficient (Wildman–Crippen LogP) is 2.92. The molecule has 2 aromatic rings. The van der Waals surface area contributed by atoms with Gasteiger partial charge in [-0.05, 0) is 55.1 Å². The summed E-state index contributed by atoms with van der Waals surface area (Å²) in [5.74, 6) is 1.27. The number of hydrogen-bond acceptors (Lipinski definition) is 4. The maximum absolute atomic E-state index is 11.5. The molecule has 0 amide bonds. The second kappa shape index (κ2) is 8.23. The molecule has 2 heterocycles. The summed E-state index contributed by atoms with van der Waals surface area (Å²) in [6, 6.07) is 17.0. The van der Waals surface area contributed by atoms with E-state index < -0.39 is 10.0 Å². The summed E-state index contributed by atoms with van der Waals surface area (Å²) in [5, 5.41) is 0. The minimum Gasteiger partial charge on any atom is -0.492 e. The zero-order chi connectivity index (χ0) is 19.6. The van der Waals surface area contributed by atoms with Crippen LogP contribution in [0.25, 0.3) is 0 Å². The Hall–Kier alpha value is -1.89. The Morgan fingerprint density at radius 2 is 1.82 bits per heavy atom. The molecule has 1 N–H and O–H groups in total. The van der Waals surface area contributed by atoms with E-state index in [-0.39, 0.29) is 0 Å². The average Bonchev–Trinajstić information content (AvgIpc) is 3.21. The van der Waals surface area contributed by atoms with Gasteiger partial charge in [0, 0.05) is 12.5 Å². The third-order valence-electron chi connectivity index (χ3n) is 5.79. The van der Waals surface area contributed by atoms with E-state index in [1.54, 1.807) is 0 Å². The summed E-state index contributed by atoms with van der Waals surface area (Å²) in [6.45, 7) is 3.28. The quantitative estimate of drug-likeness (QED) is 0.810. The van der Waals surface area contributed by atoms with E-state index in [0.29, 0.717) is 25.1 Å². The van der Waals surface area contributed by atoms with E-state index in [2.05, 4.69) is 40.0 Å². The first-order valence-electron chi connectivity index (χ1n) is 9.98. The number of nitrogens with zero attached hydrogens (tertiary/aromatic N) is 1. The van der Waals surface area contributed by atoms with Gasteiger partial charge in [0.2, 0.25) is 10.0 Å². The van der Waals surface area contributed by atoms with Gasteiger partial charge in [-0.3, -0.25) is 4.90 Å². The normalized spacial score (nSPS) is 22.6. The van der Waals surface area contributed by atoms with Crippen LogP contribution in [0.1, 0.15) is 35.4 Å². The Kier molecular flexibility index (Phi) is 5.71. The number of benzene rings is 2. The molecule has 2 aliphatic rings. The third-order valence-corrected chi connectivity index (χ3v) is 6.46. The third kappa shape index (κ3) is 4.57. The summed E-state index contributed by atoms with van der Waals surface area (Å²) < 4.78 is 31.7. The molecule has 0 radical (unpaired) electrons. The summed E-state index contributed by atoms with van der Waals surface area (Å²) in [5.41, 5.74) is 3.48. The average molecular weight is 401 g/mol. The van der Waals surface area contributed by atoms with Crippen molar-refractivity contribution in [2.75, 3.05) is 26.0 Å². The van der Waals surface area contributed by atoms with Crippen molar-refractivity contribution < 1.29 is 13.2 Å². The minimum atomic E-state index is -3.22. The molecule has 0 aliphatic carbocycles. The maximum atomic E-state index is 11.5. The van der Waals surface area contributed by atoms with Crippen molar-refractivity contribution >= 4 is 10.0 Å². The lowest BCUT2D eigenvalue weighted by atomic mass is 9.82. The predicted molar refractivity (Wildman–Crippen MR) is 111 cm³/mol. The van der Waals surface area contributed by atoms with E-state index in [9.17, 15) is 8.42 Å². The highest BCUT2D eigenvalue weighted by Crippen LogP contribution is 2.39. The second-order valence-electron chi connectivity index (χ2n) is 7.88. The Bertz CT molecular complexity index is 909. The molecule has 2 aliphatic heterocycles. The van der Waals surface area contributed by atoms with Crippen molar-refractivity contribution in [3.63, 3.8) is 0 Å². The fraction of sp³-hybridized carbons (Fsp3) is 0.455. The first-order valence-corrected chi connectivity index (χ1v) is 11.9. The van der Waals surface area contributed by atoms with Gasteiger partial charge >= 0.3 is 0 Å². The SMILES string of the molecule is CS(=O)(=O)NCc1ccc2c(c1)C(Cc1ccccc1)C(N1CCCC1)CO2. The monoisotopic (exact) mass is 400 g/mol. The zero-order valence-corrected chi connectivity index (χ0v) is 17.1. The number of fused-ring (bicyclic) bond motifs is 1. The lowest BCUT2D eigenvalue weighted by Crippen LogP contribution is -2.45. The van der Waals surface area contributed by atoms with E-state index >= 15 is 0 Å². The molecule has 0 bridgehead atoms. The van der Waals surface area contributed by atoms with Crippen LogP contribution in [-0.4, -0.2) is 45.3 Å². The summed E-state index contributed by atoms with van der Waals surface area (Å²) in [6.07, 6.45) is 4.65. The Morgan fingerprint density at radius 1 is 1.07 bits per heavy atom. The summed E-state index contributed by atoms with van der Waals surface area (Å²) in [7, 11) is -3.22. The summed E-state index contributed by atoms with van der Waals surface area (Å²) in [4.78, 5) is 2.57. The van der Waals surface area contributed by atoms with Crippen LogP contribution < -0.4 is 9.46 Å². The van der Waals surface area contributed by atoms with Crippen molar-refractivity contribution in [2.45, 2.75) is 37.8 Å². The molecule has 1 saturated heterocycles. The van der Waals surface area contributed by atoms with Crippen molar-refractivity contribution in [3.8, 4) is 5.75 Å². The van der Waals surface area contributed by atoms with Crippen LogP contribution in [-0.2, 0) is 23.0 Å². The van der Waals surface area contributed by atoms with E-state index in [4.69, 9.17) is 4.74 Å². The van der Waals surface area contributed by atoms with E-state index in [0.717, 1.165) is 30.8 Å². The molecule has 0 aromatic heterocycles. The highest BCUT2D eigenvalue weighted by atomic mass is 32.2.